The normalized spacial score (nSPS) is 13.2. The fourth-order valence-electron chi connectivity index (χ4n) is 2.65. The molecule has 0 unspecified atom stereocenters. The Hall–Kier alpha value is -0.920. The summed E-state index contributed by atoms with van der Waals surface area (Å²) < 4.78 is 54.2. The second-order valence-electron chi connectivity index (χ2n) is 7.51. The number of benzene rings is 1. The molecule has 150 valence electrons. The molecule has 0 saturated carbocycles. The van der Waals surface area contributed by atoms with E-state index in [-0.39, 0.29) is 40.8 Å². The van der Waals surface area contributed by atoms with E-state index in [2.05, 4.69) is 13.8 Å². The van der Waals surface area contributed by atoms with Crippen LogP contribution in [0.5, 0.6) is 0 Å². The Labute approximate surface area is 159 Å². The zero-order chi connectivity index (χ0) is 20.3. The lowest BCUT2D eigenvalue weighted by Gasteiger charge is -2.22. The molecule has 0 amide bonds. The predicted molar refractivity (Wildman–Crippen MR) is 106 cm³/mol. The van der Waals surface area contributed by atoms with E-state index < -0.39 is 20.0 Å². The molecule has 0 aromatic heterocycles. The zero-order valence-corrected chi connectivity index (χ0v) is 18.5. The SMILES string of the molecule is CCS(=O)(=O)CCOS(=O)(=O)c1c(C(C)C)cc(C(C)C)cc1C(C)C. The van der Waals surface area contributed by atoms with Crippen molar-refractivity contribution < 1.29 is 21.0 Å². The molecule has 0 saturated heterocycles. The fraction of sp³-hybridized carbons (Fsp3) is 0.684. The van der Waals surface area contributed by atoms with Crippen LogP contribution in [-0.2, 0) is 24.1 Å². The molecule has 0 aliphatic rings. The van der Waals surface area contributed by atoms with Crippen LogP contribution in [0.25, 0.3) is 0 Å². The highest BCUT2D eigenvalue weighted by molar-refractivity contribution is 7.91. The van der Waals surface area contributed by atoms with Crippen molar-refractivity contribution in [2.45, 2.75) is 71.1 Å². The third kappa shape index (κ3) is 5.79. The maximum absolute atomic E-state index is 12.9. The van der Waals surface area contributed by atoms with Gasteiger partial charge in [0.05, 0.1) is 12.4 Å². The van der Waals surface area contributed by atoms with Gasteiger partial charge in [0.25, 0.3) is 10.1 Å². The quantitative estimate of drug-likeness (QED) is 0.577. The molecular weight excluding hydrogens is 372 g/mol. The topological polar surface area (TPSA) is 77.5 Å². The molecule has 0 fully saturated rings. The van der Waals surface area contributed by atoms with Crippen LogP contribution in [0.3, 0.4) is 0 Å². The molecule has 1 rings (SSSR count). The average molecular weight is 405 g/mol. The van der Waals surface area contributed by atoms with Crippen molar-refractivity contribution in [3.05, 3.63) is 28.8 Å². The van der Waals surface area contributed by atoms with Crippen molar-refractivity contribution in [2.24, 2.45) is 0 Å². The summed E-state index contributed by atoms with van der Waals surface area (Å²) >= 11 is 0. The van der Waals surface area contributed by atoms with Gasteiger partial charge >= 0.3 is 0 Å². The van der Waals surface area contributed by atoms with Gasteiger partial charge in [0, 0.05) is 5.75 Å². The van der Waals surface area contributed by atoms with Gasteiger partial charge in [0.15, 0.2) is 9.84 Å². The van der Waals surface area contributed by atoms with Gasteiger partial charge in [-0.1, -0.05) is 60.6 Å². The minimum atomic E-state index is -4.05. The van der Waals surface area contributed by atoms with E-state index in [4.69, 9.17) is 4.18 Å². The predicted octanol–water partition coefficient (Wildman–Crippen LogP) is 4.20. The summed E-state index contributed by atoms with van der Waals surface area (Å²) in [4.78, 5) is 0.195. The van der Waals surface area contributed by atoms with Crippen molar-refractivity contribution >= 4 is 20.0 Å². The van der Waals surface area contributed by atoms with Gasteiger partial charge < -0.3 is 0 Å². The van der Waals surface area contributed by atoms with Crippen molar-refractivity contribution in [1.82, 2.24) is 0 Å². The molecule has 1 aromatic carbocycles. The van der Waals surface area contributed by atoms with Crippen LogP contribution in [0.15, 0.2) is 17.0 Å². The lowest BCUT2D eigenvalue weighted by atomic mass is 9.89. The average Bonchev–Trinajstić information content (AvgIpc) is 2.52. The molecule has 0 heterocycles. The summed E-state index contributed by atoms with van der Waals surface area (Å²) in [5, 5.41) is 0. The molecule has 0 atom stereocenters. The maximum Gasteiger partial charge on any atom is 0.297 e. The van der Waals surface area contributed by atoms with Gasteiger partial charge in [0.2, 0.25) is 0 Å². The summed E-state index contributed by atoms with van der Waals surface area (Å²) in [6.45, 7) is 13.1. The highest BCUT2D eigenvalue weighted by Gasteiger charge is 2.28. The molecular formula is C19H32O5S2. The lowest BCUT2D eigenvalue weighted by molar-refractivity contribution is 0.337. The van der Waals surface area contributed by atoms with Crippen molar-refractivity contribution in [2.75, 3.05) is 18.1 Å². The molecule has 0 radical (unpaired) electrons. The Balaban J connectivity index is 3.43. The third-order valence-corrected chi connectivity index (χ3v) is 7.52. The second-order valence-corrected chi connectivity index (χ2v) is 11.5. The standard InChI is InChI=1S/C19H32O5S2/c1-8-25(20,21)10-9-24-26(22,23)19-17(14(4)5)11-16(13(2)3)12-18(19)15(6)7/h11-15H,8-10H2,1-7H3. The molecule has 26 heavy (non-hydrogen) atoms. The van der Waals surface area contributed by atoms with Crippen LogP contribution in [0.4, 0.5) is 0 Å². The van der Waals surface area contributed by atoms with E-state index in [0.717, 1.165) is 16.7 Å². The summed E-state index contributed by atoms with van der Waals surface area (Å²) in [5.41, 5.74) is 2.53. The molecule has 0 bridgehead atoms. The van der Waals surface area contributed by atoms with E-state index in [1.165, 1.54) is 6.92 Å². The van der Waals surface area contributed by atoms with Crippen molar-refractivity contribution in [3.8, 4) is 0 Å². The molecule has 1 aromatic rings. The number of hydrogen-bond donors (Lipinski definition) is 0. The minimum Gasteiger partial charge on any atom is -0.265 e. The van der Waals surface area contributed by atoms with E-state index in [1.54, 1.807) is 0 Å². The van der Waals surface area contributed by atoms with Crippen LogP contribution in [0.1, 0.15) is 82.9 Å². The Morgan fingerprint density at radius 3 is 1.65 bits per heavy atom. The maximum atomic E-state index is 12.9. The number of rotatable bonds is 9. The monoisotopic (exact) mass is 404 g/mol. The molecule has 0 spiro atoms. The Morgan fingerprint density at radius 2 is 1.31 bits per heavy atom. The summed E-state index contributed by atoms with van der Waals surface area (Å²) in [7, 11) is -7.33. The first-order chi connectivity index (χ1) is 11.8. The van der Waals surface area contributed by atoms with Gasteiger partial charge in [-0.2, -0.15) is 8.42 Å². The van der Waals surface area contributed by atoms with Gasteiger partial charge in [-0.25, -0.2) is 8.42 Å². The fourth-order valence-corrected chi connectivity index (χ4v) is 4.97. The van der Waals surface area contributed by atoms with Crippen molar-refractivity contribution in [3.63, 3.8) is 0 Å². The highest BCUT2D eigenvalue weighted by atomic mass is 32.2. The summed E-state index contributed by atoms with van der Waals surface area (Å²) in [6, 6.07) is 3.86. The number of sulfone groups is 1. The van der Waals surface area contributed by atoms with Gasteiger partial charge in [-0.3, -0.25) is 4.18 Å². The van der Waals surface area contributed by atoms with Gasteiger partial charge in [-0.05, 0) is 34.4 Å². The van der Waals surface area contributed by atoms with Gasteiger partial charge in [-0.15, -0.1) is 0 Å². The van der Waals surface area contributed by atoms with E-state index in [1.807, 2.05) is 39.8 Å². The van der Waals surface area contributed by atoms with Crippen molar-refractivity contribution in [1.29, 1.82) is 0 Å². The Morgan fingerprint density at radius 1 is 0.846 bits per heavy atom. The van der Waals surface area contributed by atoms with Crippen LogP contribution >= 0.6 is 0 Å². The second kappa shape index (κ2) is 8.85. The van der Waals surface area contributed by atoms with E-state index >= 15 is 0 Å². The minimum absolute atomic E-state index is 0.000973. The first kappa shape index (κ1) is 23.1. The zero-order valence-electron chi connectivity index (χ0n) is 16.9. The van der Waals surface area contributed by atoms with Gasteiger partial charge in [0.1, 0.15) is 4.90 Å². The van der Waals surface area contributed by atoms with Crippen LogP contribution in [0, 0.1) is 0 Å². The first-order valence-corrected chi connectivity index (χ1v) is 12.3. The number of hydrogen-bond acceptors (Lipinski definition) is 5. The van der Waals surface area contributed by atoms with E-state index in [9.17, 15) is 16.8 Å². The molecule has 7 heteroatoms. The lowest BCUT2D eigenvalue weighted by Crippen LogP contribution is -2.20. The molecule has 5 nitrogen and oxygen atoms in total. The van der Waals surface area contributed by atoms with Crippen LogP contribution < -0.4 is 0 Å². The summed E-state index contributed by atoms with van der Waals surface area (Å²) in [6.07, 6.45) is 0. The Bertz CT molecular complexity index is 790. The molecule has 0 aliphatic carbocycles. The third-order valence-electron chi connectivity index (χ3n) is 4.40. The smallest absolute Gasteiger partial charge is 0.265 e. The van der Waals surface area contributed by atoms with Crippen LogP contribution in [-0.4, -0.2) is 34.9 Å². The summed E-state index contributed by atoms with van der Waals surface area (Å²) in [5.74, 6) is -0.0651. The molecule has 0 aliphatic heterocycles. The highest BCUT2D eigenvalue weighted by Crippen LogP contribution is 2.35. The van der Waals surface area contributed by atoms with Crippen LogP contribution in [0.2, 0.25) is 0 Å². The van der Waals surface area contributed by atoms with E-state index in [0.29, 0.717) is 0 Å². The molecule has 0 N–H and O–H groups in total. The first-order valence-electron chi connectivity index (χ1n) is 9.10. The largest absolute Gasteiger partial charge is 0.297 e. The Kier molecular flexibility index (Phi) is 7.87.